The number of carbonyl (C=O) groups excluding carboxylic acids is 1. The summed E-state index contributed by atoms with van der Waals surface area (Å²) in [5.74, 6) is -1.23. The zero-order valence-corrected chi connectivity index (χ0v) is 11.3. The zero-order chi connectivity index (χ0) is 14.1. The van der Waals surface area contributed by atoms with Gasteiger partial charge in [0.2, 0.25) is 5.91 Å². The van der Waals surface area contributed by atoms with Crippen molar-refractivity contribution in [2.24, 2.45) is 0 Å². The summed E-state index contributed by atoms with van der Waals surface area (Å²) in [7, 11) is 0. The van der Waals surface area contributed by atoms with Crippen LogP contribution in [0.4, 0.5) is 0 Å². The third-order valence-corrected chi connectivity index (χ3v) is 4.24. The van der Waals surface area contributed by atoms with E-state index in [0.717, 1.165) is 6.42 Å². The van der Waals surface area contributed by atoms with Gasteiger partial charge in [-0.25, -0.2) is 9.48 Å². The fourth-order valence-electron chi connectivity index (χ4n) is 2.17. The van der Waals surface area contributed by atoms with Gasteiger partial charge >= 0.3 is 5.97 Å². The number of carboxylic acid groups (broad SMARTS) is 1. The number of hydrogen-bond acceptors (Lipinski definition) is 5. The van der Waals surface area contributed by atoms with Gasteiger partial charge in [0.25, 0.3) is 0 Å². The molecule has 2 aromatic rings. The Morgan fingerprint density at radius 2 is 2.30 bits per heavy atom. The van der Waals surface area contributed by atoms with Crippen molar-refractivity contribution in [2.75, 3.05) is 6.54 Å². The summed E-state index contributed by atoms with van der Waals surface area (Å²) in [6, 6.07) is 2.04. The maximum Gasteiger partial charge on any atom is 0.358 e. The predicted molar refractivity (Wildman–Crippen MR) is 70.4 cm³/mol. The van der Waals surface area contributed by atoms with E-state index in [1.54, 1.807) is 16.2 Å². The summed E-state index contributed by atoms with van der Waals surface area (Å²) in [5, 5.41) is 17.9. The van der Waals surface area contributed by atoms with Gasteiger partial charge in [-0.1, -0.05) is 5.21 Å². The van der Waals surface area contributed by atoms with Crippen molar-refractivity contribution in [1.29, 1.82) is 0 Å². The van der Waals surface area contributed by atoms with Crippen molar-refractivity contribution in [2.45, 2.75) is 19.5 Å². The second kappa shape index (κ2) is 5.04. The van der Waals surface area contributed by atoms with E-state index in [2.05, 4.69) is 10.3 Å². The number of carbonyl (C=O) groups is 2. The van der Waals surface area contributed by atoms with Crippen LogP contribution >= 0.6 is 11.3 Å². The van der Waals surface area contributed by atoms with Gasteiger partial charge in [-0.2, -0.15) is 0 Å². The Hall–Kier alpha value is -2.22. The lowest BCUT2D eigenvalue weighted by atomic mass is 10.1. The molecule has 20 heavy (non-hydrogen) atoms. The third-order valence-electron chi connectivity index (χ3n) is 3.22. The summed E-state index contributed by atoms with van der Waals surface area (Å²) >= 11 is 1.72. The molecule has 0 aliphatic carbocycles. The number of rotatable bonds is 3. The number of fused-ring (bicyclic) bond motifs is 1. The molecule has 1 amide bonds. The molecule has 0 saturated carbocycles. The molecule has 0 aromatic carbocycles. The van der Waals surface area contributed by atoms with E-state index in [1.165, 1.54) is 21.3 Å². The molecule has 1 aliphatic rings. The molecule has 0 fully saturated rings. The van der Waals surface area contributed by atoms with Crippen LogP contribution in [-0.2, 0) is 24.3 Å². The molecular formula is C12H12N4O3S. The predicted octanol–water partition coefficient (Wildman–Crippen LogP) is 0.623. The topological polar surface area (TPSA) is 88.3 Å². The summed E-state index contributed by atoms with van der Waals surface area (Å²) < 4.78 is 1.26. The third kappa shape index (κ3) is 2.42. The minimum Gasteiger partial charge on any atom is -0.476 e. The van der Waals surface area contributed by atoms with Crippen LogP contribution in [0, 0.1) is 0 Å². The van der Waals surface area contributed by atoms with Crippen molar-refractivity contribution in [3.8, 4) is 0 Å². The van der Waals surface area contributed by atoms with Gasteiger partial charge in [-0.3, -0.25) is 4.79 Å². The van der Waals surface area contributed by atoms with E-state index in [1.807, 2.05) is 11.4 Å². The van der Waals surface area contributed by atoms with Crippen LogP contribution < -0.4 is 0 Å². The van der Waals surface area contributed by atoms with Gasteiger partial charge < -0.3 is 10.0 Å². The van der Waals surface area contributed by atoms with Crippen LogP contribution in [0.3, 0.4) is 0 Å². The molecule has 0 bridgehead atoms. The maximum atomic E-state index is 12.2. The maximum absolute atomic E-state index is 12.2. The largest absolute Gasteiger partial charge is 0.476 e. The number of amides is 1. The molecule has 0 unspecified atom stereocenters. The van der Waals surface area contributed by atoms with Crippen LogP contribution in [0.5, 0.6) is 0 Å². The van der Waals surface area contributed by atoms with Crippen LogP contribution in [-0.4, -0.2) is 43.4 Å². The Morgan fingerprint density at radius 3 is 3.05 bits per heavy atom. The fourth-order valence-corrected chi connectivity index (χ4v) is 3.06. The molecule has 0 radical (unpaired) electrons. The summed E-state index contributed by atoms with van der Waals surface area (Å²) in [5.41, 5.74) is 1.04. The van der Waals surface area contributed by atoms with Gasteiger partial charge in [0.05, 0.1) is 6.20 Å². The lowest BCUT2D eigenvalue weighted by Gasteiger charge is -2.26. The number of aromatic carboxylic acids is 1. The number of thiophene rings is 1. The molecule has 104 valence electrons. The molecular weight excluding hydrogens is 280 g/mol. The minimum absolute atomic E-state index is 0.0136. The normalized spacial score (nSPS) is 14.1. The Morgan fingerprint density at radius 1 is 1.45 bits per heavy atom. The molecule has 1 aliphatic heterocycles. The first-order valence-electron chi connectivity index (χ1n) is 6.10. The van der Waals surface area contributed by atoms with Gasteiger partial charge in [0.1, 0.15) is 6.54 Å². The lowest BCUT2D eigenvalue weighted by Crippen LogP contribution is -2.37. The summed E-state index contributed by atoms with van der Waals surface area (Å²) in [6.45, 7) is 1.31. The summed E-state index contributed by atoms with van der Waals surface area (Å²) in [4.78, 5) is 26.0. The highest BCUT2D eigenvalue weighted by Gasteiger charge is 2.22. The molecule has 8 heteroatoms. The smallest absolute Gasteiger partial charge is 0.358 e. The van der Waals surface area contributed by atoms with Crippen molar-refractivity contribution < 1.29 is 14.7 Å². The first-order chi connectivity index (χ1) is 9.63. The van der Waals surface area contributed by atoms with Gasteiger partial charge in [0.15, 0.2) is 5.69 Å². The van der Waals surface area contributed by atoms with E-state index in [0.29, 0.717) is 13.1 Å². The van der Waals surface area contributed by atoms with E-state index in [4.69, 9.17) is 5.11 Å². The van der Waals surface area contributed by atoms with Crippen LogP contribution in [0.2, 0.25) is 0 Å². The highest BCUT2D eigenvalue weighted by Crippen LogP contribution is 2.24. The monoisotopic (exact) mass is 292 g/mol. The van der Waals surface area contributed by atoms with Crippen molar-refractivity contribution in [3.63, 3.8) is 0 Å². The number of aromatic nitrogens is 3. The van der Waals surface area contributed by atoms with Crippen molar-refractivity contribution in [1.82, 2.24) is 19.9 Å². The molecule has 3 heterocycles. The fraction of sp³-hybridized carbons (Fsp3) is 0.333. The van der Waals surface area contributed by atoms with Gasteiger partial charge in [0, 0.05) is 18.0 Å². The molecule has 7 nitrogen and oxygen atoms in total. The SMILES string of the molecule is O=C(O)c1cn(CC(=O)N2CCc3sccc3C2)nn1. The van der Waals surface area contributed by atoms with Gasteiger partial charge in [-0.15, -0.1) is 16.4 Å². The van der Waals surface area contributed by atoms with E-state index >= 15 is 0 Å². The quantitative estimate of drug-likeness (QED) is 0.896. The molecule has 1 N–H and O–H groups in total. The summed E-state index contributed by atoms with van der Waals surface area (Å²) in [6.07, 6.45) is 2.14. The standard InChI is InChI=1S/C12H12N4O3S/c17-11(7-16-6-9(12(18)19)13-14-16)15-3-1-10-8(5-15)2-4-20-10/h2,4,6H,1,3,5,7H2,(H,18,19). The first-order valence-corrected chi connectivity index (χ1v) is 6.98. The Bertz CT molecular complexity index is 663. The van der Waals surface area contributed by atoms with Crippen LogP contribution in [0.1, 0.15) is 20.9 Å². The van der Waals surface area contributed by atoms with E-state index in [9.17, 15) is 9.59 Å². The van der Waals surface area contributed by atoms with Crippen LogP contribution in [0.25, 0.3) is 0 Å². The minimum atomic E-state index is -1.15. The molecule has 0 saturated heterocycles. The zero-order valence-electron chi connectivity index (χ0n) is 10.5. The molecule has 0 spiro atoms. The van der Waals surface area contributed by atoms with Crippen molar-refractivity contribution >= 4 is 23.2 Å². The van der Waals surface area contributed by atoms with E-state index < -0.39 is 5.97 Å². The lowest BCUT2D eigenvalue weighted by molar-refractivity contribution is -0.133. The average molecular weight is 292 g/mol. The number of nitrogens with zero attached hydrogens (tertiary/aromatic N) is 4. The molecule has 3 rings (SSSR count). The number of hydrogen-bond donors (Lipinski definition) is 1. The second-order valence-electron chi connectivity index (χ2n) is 4.54. The molecule has 0 atom stereocenters. The Balaban J connectivity index is 1.66. The highest BCUT2D eigenvalue weighted by molar-refractivity contribution is 7.10. The second-order valence-corrected chi connectivity index (χ2v) is 5.54. The Kier molecular flexibility index (Phi) is 3.23. The van der Waals surface area contributed by atoms with Crippen LogP contribution in [0.15, 0.2) is 17.6 Å². The highest BCUT2D eigenvalue weighted by atomic mass is 32.1. The number of carboxylic acids is 1. The Labute approximate surface area is 118 Å². The molecule has 2 aromatic heterocycles. The average Bonchev–Trinajstić information content (AvgIpc) is 3.05. The first kappa shape index (κ1) is 12.8. The van der Waals surface area contributed by atoms with Crippen molar-refractivity contribution in [3.05, 3.63) is 33.8 Å². The van der Waals surface area contributed by atoms with E-state index in [-0.39, 0.29) is 18.1 Å². The van der Waals surface area contributed by atoms with Gasteiger partial charge in [-0.05, 0) is 23.4 Å².